The van der Waals surface area contributed by atoms with Crippen molar-refractivity contribution in [1.29, 1.82) is 0 Å². The normalized spacial score (nSPS) is 16.2. The molecule has 1 aliphatic rings. The van der Waals surface area contributed by atoms with Crippen LogP contribution in [0.25, 0.3) is 6.08 Å². The number of furan rings is 1. The molecule has 1 aliphatic heterocycles. The molecule has 1 unspecified atom stereocenters. The fraction of sp³-hybridized carbons (Fsp3) is 0.227. The van der Waals surface area contributed by atoms with Gasteiger partial charge in [-0.2, -0.15) is 0 Å². The van der Waals surface area contributed by atoms with E-state index < -0.39 is 12.0 Å². The molecular formula is C22H20N2O5S. The molecule has 3 aromatic rings. The summed E-state index contributed by atoms with van der Waals surface area (Å²) in [7, 11) is 1.59. The summed E-state index contributed by atoms with van der Waals surface area (Å²) in [6.07, 6.45) is 4.86. The highest BCUT2D eigenvalue weighted by atomic mass is 32.1. The van der Waals surface area contributed by atoms with E-state index in [-0.39, 0.29) is 12.2 Å². The second-order valence-corrected chi connectivity index (χ2v) is 7.64. The summed E-state index contributed by atoms with van der Waals surface area (Å²) in [5, 5.41) is 0. The highest BCUT2D eigenvalue weighted by molar-refractivity contribution is 7.07. The quantitative estimate of drug-likeness (QED) is 0.588. The number of rotatable bonds is 5. The molecule has 8 heteroatoms. The van der Waals surface area contributed by atoms with Crippen molar-refractivity contribution in [3.05, 3.63) is 84.9 Å². The highest BCUT2D eigenvalue weighted by Crippen LogP contribution is 2.31. The molecule has 0 saturated carbocycles. The summed E-state index contributed by atoms with van der Waals surface area (Å²) < 4.78 is 17.7. The number of nitrogens with zero attached hydrogens (tertiary/aromatic N) is 2. The highest BCUT2D eigenvalue weighted by Gasteiger charge is 2.33. The molecule has 7 nitrogen and oxygen atoms in total. The van der Waals surface area contributed by atoms with E-state index in [0.717, 1.165) is 11.1 Å². The molecule has 0 spiro atoms. The van der Waals surface area contributed by atoms with Gasteiger partial charge in [-0.1, -0.05) is 23.5 Å². The molecule has 0 N–H and O–H groups in total. The van der Waals surface area contributed by atoms with Crippen molar-refractivity contribution >= 4 is 23.4 Å². The Hall–Kier alpha value is -3.39. The van der Waals surface area contributed by atoms with Gasteiger partial charge in [0.1, 0.15) is 5.75 Å². The summed E-state index contributed by atoms with van der Waals surface area (Å²) in [5.74, 6) is 0.202. The molecule has 0 fully saturated rings. The van der Waals surface area contributed by atoms with Crippen LogP contribution in [0, 0.1) is 0 Å². The van der Waals surface area contributed by atoms with Crippen molar-refractivity contribution < 1.29 is 18.7 Å². The Morgan fingerprint density at radius 3 is 2.70 bits per heavy atom. The van der Waals surface area contributed by atoms with Crippen molar-refractivity contribution in [2.45, 2.75) is 19.9 Å². The largest absolute Gasteiger partial charge is 0.497 e. The predicted molar refractivity (Wildman–Crippen MR) is 112 cm³/mol. The lowest BCUT2D eigenvalue weighted by Crippen LogP contribution is -2.39. The minimum absolute atomic E-state index is 0.227. The fourth-order valence-electron chi connectivity index (χ4n) is 3.40. The maximum atomic E-state index is 13.3. The van der Waals surface area contributed by atoms with Gasteiger partial charge in [-0.3, -0.25) is 9.36 Å². The lowest BCUT2D eigenvalue weighted by molar-refractivity contribution is -0.139. The average Bonchev–Trinajstić information content (AvgIpc) is 3.36. The summed E-state index contributed by atoms with van der Waals surface area (Å²) in [4.78, 5) is 31.2. The van der Waals surface area contributed by atoms with E-state index in [1.165, 1.54) is 11.3 Å². The first-order chi connectivity index (χ1) is 14.5. The lowest BCUT2D eigenvalue weighted by Gasteiger charge is -2.24. The Morgan fingerprint density at radius 2 is 2.07 bits per heavy atom. The van der Waals surface area contributed by atoms with Crippen LogP contribution in [0.1, 0.15) is 31.0 Å². The molecular weight excluding hydrogens is 404 g/mol. The van der Waals surface area contributed by atoms with Crippen LogP contribution in [0.15, 0.2) is 68.3 Å². The first-order valence-corrected chi connectivity index (χ1v) is 10.2. The van der Waals surface area contributed by atoms with Crippen LogP contribution in [0.2, 0.25) is 0 Å². The van der Waals surface area contributed by atoms with Crippen molar-refractivity contribution in [2.24, 2.45) is 4.99 Å². The van der Waals surface area contributed by atoms with Crippen LogP contribution >= 0.6 is 11.3 Å². The Kier molecular flexibility index (Phi) is 5.41. The topological polar surface area (TPSA) is 83.0 Å². The van der Waals surface area contributed by atoms with E-state index in [1.54, 1.807) is 62.3 Å². The molecule has 0 bridgehead atoms. The Bertz CT molecular complexity index is 1280. The number of fused-ring (bicyclic) bond motifs is 1. The van der Waals surface area contributed by atoms with Crippen LogP contribution in [-0.4, -0.2) is 24.3 Å². The van der Waals surface area contributed by atoms with E-state index in [9.17, 15) is 9.59 Å². The van der Waals surface area contributed by atoms with E-state index >= 15 is 0 Å². The molecule has 0 aliphatic carbocycles. The molecule has 0 saturated heterocycles. The Balaban J connectivity index is 1.95. The number of allylic oxidation sites excluding steroid dienone is 1. The first-order valence-electron chi connectivity index (χ1n) is 9.39. The maximum Gasteiger partial charge on any atom is 0.338 e. The van der Waals surface area contributed by atoms with Crippen molar-refractivity contribution in [3.8, 4) is 5.75 Å². The third-order valence-electron chi connectivity index (χ3n) is 4.79. The van der Waals surface area contributed by atoms with E-state index in [1.807, 2.05) is 12.1 Å². The molecule has 30 heavy (non-hydrogen) atoms. The summed E-state index contributed by atoms with van der Waals surface area (Å²) in [5.41, 5.74) is 2.21. The number of hydrogen-bond acceptors (Lipinski definition) is 7. The molecule has 0 amide bonds. The summed E-state index contributed by atoms with van der Waals surface area (Å²) >= 11 is 1.27. The van der Waals surface area contributed by atoms with Gasteiger partial charge < -0.3 is 13.9 Å². The van der Waals surface area contributed by atoms with Gasteiger partial charge in [-0.05, 0) is 43.7 Å². The number of aromatic nitrogens is 1. The molecule has 3 heterocycles. The van der Waals surface area contributed by atoms with Gasteiger partial charge in [-0.15, -0.1) is 0 Å². The number of methoxy groups -OCH3 is 1. The van der Waals surface area contributed by atoms with Gasteiger partial charge in [0.05, 0.1) is 48.1 Å². The number of hydrogen-bond donors (Lipinski definition) is 0. The fourth-order valence-corrected chi connectivity index (χ4v) is 4.45. The van der Waals surface area contributed by atoms with E-state index in [4.69, 9.17) is 13.9 Å². The van der Waals surface area contributed by atoms with E-state index in [0.29, 0.717) is 26.4 Å². The number of esters is 1. The molecule has 2 aromatic heterocycles. The maximum absolute atomic E-state index is 13.3. The SMILES string of the molecule is CCOC(=O)C1=C(C)N=c2s/c(=C\c3ccoc3)c(=O)n2C1c1ccc(OC)cc1. The van der Waals surface area contributed by atoms with Crippen LogP contribution < -0.4 is 19.6 Å². The van der Waals surface area contributed by atoms with Crippen LogP contribution in [-0.2, 0) is 9.53 Å². The van der Waals surface area contributed by atoms with Gasteiger partial charge in [0.2, 0.25) is 0 Å². The van der Waals surface area contributed by atoms with Crippen molar-refractivity contribution in [1.82, 2.24) is 4.57 Å². The zero-order valence-electron chi connectivity index (χ0n) is 16.7. The van der Waals surface area contributed by atoms with Crippen LogP contribution in [0.3, 0.4) is 0 Å². The van der Waals surface area contributed by atoms with Gasteiger partial charge >= 0.3 is 5.97 Å². The van der Waals surface area contributed by atoms with E-state index in [2.05, 4.69) is 4.99 Å². The number of carbonyl (C=O) groups is 1. The van der Waals surface area contributed by atoms with Gasteiger partial charge in [0.25, 0.3) is 5.56 Å². The Labute approximate surface area is 176 Å². The number of ether oxygens (including phenoxy) is 2. The third-order valence-corrected chi connectivity index (χ3v) is 5.77. The summed E-state index contributed by atoms with van der Waals surface area (Å²) in [6, 6.07) is 8.42. The monoisotopic (exact) mass is 424 g/mol. The minimum Gasteiger partial charge on any atom is -0.497 e. The lowest BCUT2D eigenvalue weighted by atomic mass is 9.96. The minimum atomic E-state index is -0.641. The molecule has 0 radical (unpaired) electrons. The van der Waals surface area contributed by atoms with Crippen molar-refractivity contribution in [2.75, 3.05) is 13.7 Å². The molecule has 154 valence electrons. The zero-order chi connectivity index (χ0) is 21.3. The van der Waals surface area contributed by atoms with Gasteiger partial charge in [0.15, 0.2) is 4.80 Å². The number of thiazole rings is 1. The Morgan fingerprint density at radius 1 is 1.30 bits per heavy atom. The predicted octanol–water partition coefficient (Wildman–Crippen LogP) is 2.40. The second-order valence-electron chi connectivity index (χ2n) is 6.63. The van der Waals surface area contributed by atoms with Gasteiger partial charge in [0, 0.05) is 5.56 Å². The van der Waals surface area contributed by atoms with Crippen LogP contribution in [0.5, 0.6) is 5.75 Å². The number of carbonyl (C=O) groups excluding carboxylic acids is 1. The molecule has 4 rings (SSSR count). The van der Waals surface area contributed by atoms with Crippen molar-refractivity contribution in [3.63, 3.8) is 0 Å². The third kappa shape index (κ3) is 3.50. The number of benzene rings is 1. The smallest absolute Gasteiger partial charge is 0.338 e. The van der Waals surface area contributed by atoms with Gasteiger partial charge in [-0.25, -0.2) is 9.79 Å². The zero-order valence-corrected chi connectivity index (χ0v) is 17.6. The second kappa shape index (κ2) is 8.16. The average molecular weight is 424 g/mol. The first kappa shape index (κ1) is 19.9. The summed E-state index contributed by atoms with van der Waals surface area (Å²) in [6.45, 7) is 3.74. The molecule has 1 aromatic carbocycles. The molecule has 1 atom stereocenters. The van der Waals surface area contributed by atoms with Crippen LogP contribution in [0.4, 0.5) is 0 Å². The standard InChI is InChI=1S/C22H20N2O5S/c1-4-29-21(26)18-13(2)23-22-24(19(18)15-5-7-16(27-3)8-6-15)20(25)17(30-22)11-14-9-10-28-12-14/h5-12,19H,4H2,1-3H3/b17-11-.